The van der Waals surface area contributed by atoms with Gasteiger partial charge in [-0.2, -0.15) is 0 Å². The molecule has 0 bridgehead atoms. The van der Waals surface area contributed by atoms with Crippen molar-refractivity contribution in [2.75, 3.05) is 10.8 Å². The highest BCUT2D eigenvalue weighted by atomic mass is 32.2. The van der Waals surface area contributed by atoms with Crippen LogP contribution in [0.15, 0.2) is 71.6 Å². The van der Waals surface area contributed by atoms with Crippen molar-refractivity contribution in [3.8, 4) is 0 Å². The molecule has 7 nitrogen and oxygen atoms in total. The van der Waals surface area contributed by atoms with Gasteiger partial charge >= 0.3 is 0 Å². The summed E-state index contributed by atoms with van der Waals surface area (Å²) in [4.78, 5) is 28.6. The van der Waals surface area contributed by atoms with Gasteiger partial charge in [-0.15, -0.1) is 0 Å². The number of benzene rings is 3. The Bertz CT molecular complexity index is 1430. The number of aryl methyl sites for hydroxylation is 3. The summed E-state index contributed by atoms with van der Waals surface area (Å²) < 4.78 is 29.2. The van der Waals surface area contributed by atoms with Gasteiger partial charge in [-0.25, -0.2) is 8.42 Å². The molecule has 0 unspecified atom stereocenters. The largest absolute Gasteiger partial charge is 0.352 e. The van der Waals surface area contributed by atoms with E-state index in [0.717, 1.165) is 27.8 Å². The molecule has 0 aromatic heterocycles. The number of anilines is 1. The van der Waals surface area contributed by atoms with E-state index in [1.54, 1.807) is 43.3 Å². The Morgan fingerprint density at radius 1 is 0.846 bits per heavy atom. The van der Waals surface area contributed by atoms with Gasteiger partial charge in [0.1, 0.15) is 12.6 Å². The van der Waals surface area contributed by atoms with Gasteiger partial charge in [0.05, 0.1) is 10.6 Å². The summed E-state index contributed by atoms with van der Waals surface area (Å²) in [5.41, 5.74) is 4.91. The molecule has 39 heavy (non-hydrogen) atoms. The van der Waals surface area contributed by atoms with Crippen LogP contribution < -0.4 is 9.62 Å². The highest BCUT2D eigenvalue weighted by Crippen LogP contribution is 2.29. The average molecular weight is 550 g/mol. The van der Waals surface area contributed by atoms with Crippen molar-refractivity contribution >= 4 is 27.5 Å². The Balaban J connectivity index is 2.08. The summed E-state index contributed by atoms with van der Waals surface area (Å²) in [6.45, 7) is 12.7. The van der Waals surface area contributed by atoms with Crippen LogP contribution in [0.4, 0.5) is 5.69 Å². The van der Waals surface area contributed by atoms with E-state index in [0.29, 0.717) is 5.69 Å². The van der Waals surface area contributed by atoms with Crippen LogP contribution in [0, 0.1) is 27.7 Å². The SMILES string of the molecule is Cc1ccc(S(=O)(=O)N(CC(=O)N(Cc2cccc(C)c2)[C@@H](C)C(=O)NC(C)C)c2cccc(C)c2C)cc1. The third-order valence-electron chi connectivity index (χ3n) is 6.77. The molecule has 3 aromatic rings. The molecular formula is C31H39N3O4S. The first-order chi connectivity index (χ1) is 18.3. The lowest BCUT2D eigenvalue weighted by molar-refractivity contribution is -0.139. The van der Waals surface area contributed by atoms with E-state index in [9.17, 15) is 18.0 Å². The van der Waals surface area contributed by atoms with Crippen molar-refractivity contribution in [3.05, 3.63) is 94.5 Å². The van der Waals surface area contributed by atoms with Crippen LogP contribution in [0.25, 0.3) is 0 Å². The maximum atomic E-state index is 14.0. The maximum Gasteiger partial charge on any atom is 0.264 e. The van der Waals surface area contributed by atoms with Crippen molar-refractivity contribution in [3.63, 3.8) is 0 Å². The number of nitrogens with one attached hydrogen (secondary N) is 1. The van der Waals surface area contributed by atoms with Gasteiger partial charge in [-0.1, -0.05) is 59.7 Å². The van der Waals surface area contributed by atoms with Crippen LogP contribution in [0.5, 0.6) is 0 Å². The topological polar surface area (TPSA) is 86.8 Å². The molecule has 8 heteroatoms. The molecule has 0 heterocycles. The molecule has 208 valence electrons. The van der Waals surface area contributed by atoms with Gasteiger partial charge in [0.25, 0.3) is 10.0 Å². The minimum atomic E-state index is -4.10. The Morgan fingerprint density at radius 3 is 2.10 bits per heavy atom. The molecular weight excluding hydrogens is 510 g/mol. The number of hydrogen-bond donors (Lipinski definition) is 1. The van der Waals surface area contributed by atoms with Crippen LogP contribution in [-0.2, 0) is 26.2 Å². The zero-order valence-corrected chi connectivity index (χ0v) is 24.7. The highest BCUT2D eigenvalue weighted by Gasteiger charge is 2.33. The van der Waals surface area contributed by atoms with Gasteiger partial charge in [-0.05, 0) is 83.4 Å². The van der Waals surface area contributed by atoms with E-state index in [-0.39, 0.29) is 23.4 Å². The first kappa shape index (κ1) is 29.9. The second-order valence-electron chi connectivity index (χ2n) is 10.4. The molecule has 0 saturated carbocycles. The number of carbonyl (C=O) groups is 2. The monoisotopic (exact) mass is 549 g/mol. The highest BCUT2D eigenvalue weighted by molar-refractivity contribution is 7.92. The van der Waals surface area contributed by atoms with Crippen LogP contribution in [0.3, 0.4) is 0 Å². The Morgan fingerprint density at radius 2 is 1.49 bits per heavy atom. The summed E-state index contributed by atoms with van der Waals surface area (Å²) in [5.74, 6) is -0.773. The fourth-order valence-corrected chi connectivity index (χ4v) is 5.82. The van der Waals surface area contributed by atoms with E-state index in [4.69, 9.17) is 0 Å². The lowest BCUT2D eigenvalue weighted by Gasteiger charge is -2.33. The van der Waals surface area contributed by atoms with Crippen molar-refractivity contribution in [2.45, 2.75) is 72.0 Å². The number of hydrogen-bond acceptors (Lipinski definition) is 4. The van der Waals surface area contributed by atoms with Crippen molar-refractivity contribution in [2.24, 2.45) is 0 Å². The zero-order valence-electron chi connectivity index (χ0n) is 23.9. The number of nitrogens with zero attached hydrogens (tertiary/aromatic N) is 2. The Labute approximate surface area is 232 Å². The number of carbonyl (C=O) groups excluding carboxylic acids is 2. The van der Waals surface area contributed by atoms with Crippen LogP contribution >= 0.6 is 0 Å². The standard InChI is InChI=1S/C31H39N3O4S/c1-21(2)32-31(36)26(7)33(19-27-12-8-10-23(4)18-27)30(35)20-34(29-13-9-11-24(5)25(29)6)39(37,38)28-16-14-22(3)15-17-28/h8-18,21,26H,19-20H2,1-7H3,(H,32,36)/t26-/m0/s1. The summed E-state index contributed by atoms with van der Waals surface area (Å²) in [5, 5.41) is 2.87. The predicted molar refractivity (Wildman–Crippen MR) is 156 cm³/mol. The molecule has 3 aromatic carbocycles. The molecule has 0 radical (unpaired) electrons. The fourth-order valence-electron chi connectivity index (χ4n) is 4.35. The van der Waals surface area contributed by atoms with E-state index in [1.165, 1.54) is 9.21 Å². The third-order valence-corrected chi connectivity index (χ3v) is 8.54. The van der Waals surface area contributed by atoms with E-state index < -0.39 is 28.5 Å². The number of amides is 2. The Hall–Kier alpha value is -3.65. The molecule has 0 saturated heterocycles. The molecule has 1 N–H and O–H groups in total. The average Bonchev–Trinajstić information content (AvgIpc) is 2.87. The third kappa shape index (κ3) is 7.26. The summed E-state index contributed by atoms with van der Waals surface area (Å²) in [6.07, 6.45) is 0. The van der Waals surface area contributed by atoms with Gasteiger partial charge in [-0.3, -0.25) is 13.9 Å². The minimum Gasteiger partial charge on any atom is -0.352 e. The van der Waals surface area contributed by atoms with E-state index >= 15 is 0 Å². The molecule has 0 aliphatic rings. The van der Waals surface area contributed by atoms with E-state index in [1.807, 2.05) is 71.9 Å². The molecule has 0 spiro atoms. The predicted octanol–water partition coefficient (Wildman–Crippen LogP) is 5.06. The molecule has 1 atom stereocenters. The molecule has 0 fully saturated rings. The zero-order chi connectivity index (χ0) is 28.9. The summed E-state index contributed by atoms with van der Waals surface area (Å²) >= 11 is 0. The van der Waals surface area contributed by atoms with Crippen LogP contribution in [0.1, 0.15) is 48.6 Å². The fraction of sp³-hybridized carbons (Fsp3) is 0.355. The quantitative estimate of drug-likeness (QED) is 0.383. The second-order valence-corrected chi connectivity index (χ2v) is 12.3. The summed E-state index contributed by atoms with van der Waals surface area (Å²) in [6, 6.07) is 18.8. The Kier molecular flexibility index (Phi) is 9.56. The van der Waals surface area contributed by atoms with Gasteiger partial charge in [0.2, 0.25) is 11.8 Å². The first-order valence-corrected chi connectivity index (χ1v) is 14.6. The van der Waals surface area contributed by atoms with Gasteiger partial charge in [0, 0.05) is 12.6 Å². The lowest BCUT2D eigenvalue weighted by atomic mass is 10.1. The van der Waals surface area contributed by atoms with Crippen molar-refractivity contribution in [1.29, 1.82) is 0 Å². The van der Waals surface area contributed by atoms with Crippen molar-refractivity contribution in [1.82, 2.24) is 10.2 Å². The molecule has 0 aliphatic heterocycles. The smallest absolute Gasteiger partial charge is 0.264 e. The van der Waals surface area contributed by atoms with Gasteiger partial charge in [0.15, 0.2) is 0 Å². The van der Waals surface area contributed by atoms with Crippen LogP contribution in [-0.4, -0.2) is 43.8 Å². The lowest BCUT2D eigenvalue weighted by Crippen LogP contribution is -2.52. The summed E-state index contributed by atoms with van der Waals surface area (Å²) in [7, 11) is -4.10. The van der Waals surface area contributed by atoms with Crippen molar-refractivity contribution < 1.29 is 18.0 Å². The number of sulfonamides is 1. The first-order valence-electron chi connectivity index (χ1n) is 13.1. The number of rotatable bonds is 10. The maximum absolute atomic E-state index is 14.0. The van der Waals surface area contributed by atoms with Crippen LogP contribution in [0.2, 0.25) is 0 Å². The van der Waals surface area contributed by atoms with Gasteiger partial charge < -0.3 is 10.2 Å². The molecule has 0 aliphatic carbocycles. The minimum absolute atomic E-state index is 0.0950. The van der Waals surface area contributed by atoms with E-state index in [2.05, 4.69) is 5.32 Å². The molecule has 2 amide bonds. The molecule has 3 rings (SSSR count). The normalized spacial score (nSPS) is 12.2. The second kappa shape index (κ2) is 12.5.